The summed E-state index contributed by atoms with van der Waals surface area (Å²) in [5.74, 6) is 7.30. The molecule has 0 aromatic heterocycles. The van der Waals surface area contributed by atoms with Crippen LogP contribution in [0.3, 0.4) is 0 Å². The van der Waals surface area contributed by atoms with Crippen molar-refractivity contribution >= 4 is 11.4 Å². The van der Waals surface area contributed by atoms with Crippen molar-refractivity contribution in [2.24, 2.45) is 0 Å². The molecule has 1 heterocycles. The van der Waals surface area contributed by atoms with Crippen molar-refractivity contribution < 1.29 is 21.2 Å². The van der Waals surface area contributed by atoms with E-state index in [-0.39, 0.29) is 31.3 Å². The Balaban J connectivity index is 0.0000101. The summed E-state index contributed by atoms with van der Waals surface area (Å²) in [6.07, 6.45) is 37.1. The van der Waals surface area contributed by atoms with Gasteiger partial charge in [0.25, 0.3) is 0 Å². The fourth-order valence-corrected chi connectivity index (χ4v) is 7.88. The fourth-order valence-electron chi connectivity index (χ4n) is 7.88. The van der Waals surface area contributed by atoms with E-state index in [4.69, 9.17) is 0 Å². The number of aryl methyl sites for hydroxylation is 2. The molecule has 0 spiro atoms. The Morgan fingerprint density at radius 1 is 0.464 bits per heavy atom. The first-order valence-electron chi connectivity index (χ1n) is 22.8. The van der Waals surface area contributed by atoms with Gasteiger partial charge >= 0.3 is 16.5 Å². The number of nitrogens with zero attached hydrogens (tertiary/aromatic N) is 2. The molecule has 0 radical (unpaired) electrons. The van der Waals surface area contributed by atoms with Crippen LogP contribution >= 0.6 is 0 Å². The predicted molar refractivity (Wildman–Crippen MR) is 246 cm³/mol. The maximum Gasteiger partial charge on any atom is 2.00 e. The third kappa shape index (κ3) is 20.3. The molecule has 2 nitrogen and oxygen atoms in total. The van der Waals surface area contributed by atoms with Crippen LogP contribution in [0.1, 0.15) is 223 Å². The molecule has 0 aliphatic carbocycles. The predicted octanol–water partition coefficient (Wildman–Crippen LogP) is 17.5. The largest absolute Gasteiger partial charge is 2.00 e. The molecule has 2 aromatic carbocycles. The molecule has 0 fully saturated rings. The number of allylic oxidation sites excluding steroid dienone is 2. The van der Waals surface area contributed by atoms with Gasteiger partial charge in [0, 0.05) is 23.1 Å². The van der Waals surface area contributed by atoms with Crippen molar-refractivity contribution in [3.8, 4) is 11.8 Å². The Hall–Kier alpha value is -2.43. The molecule has 56 heavy (non-hydrogen) atoms. The smallest absolute Gasteiger partial charge is 0.493 e. The maximum absolute atomic E-state index is 12.1. The van der Waals surface area contributed by atoms with Gasteiger partial charge in [0.15, 0.2) is 0 Å². The van der Waals surface area contributed by atoms with Crippen LogP contribution in [0.2, 0.25) is 0 Å². The Labute approximate surface area is 359 Å². The minimum atomic E-state index is 0. The Kier molecular flexibility index (Phi) is 33.1. The van der Waals surface area contributed by atoms with Crippen molar-refractivity contribution in [2.75, 3.05) is 0 Å². The average Bonchev–Trinajstić information content (AvgIpc) is 3.46. The van der Waals surface area contributed by atoms with E-state index >= 15 is 0 Å². The van der Waals surface area contributed by atoms with Gasteiger partial charge in [0.1, 0.15) is 5.57 Å². The van der Waals surface area contributed by atoms with Gasteiger partial charge in [-0.1, -0.05) is 199 Å². The van der Waals surface area contributed by atoms with E-state index in [2.05, 4.69) is 88.1 Å². The van der Waals surface area contributed by atoms with E-state index in [1.807, 2.05) is 0 Å². The summed E-state index contributed by atoms with van der Waals surface area (Å²) in [7, 11) is 0. The zero-order valence-electron chi connectivity index (χ0n) is 37.3. The third-order valence-corrected chi connectivity index (χ3v) is 11.2. The summed E-state index contributed by atoms with van der Waals surface area (Å²) < 4.78 is 1.51. The van der Waals surface area contributed by atoms with Crippen molar-refractivity contribution in [2.45, 2.75) is 214 Å². The molecule has 316 valence electrons. The average molecular weight is 808 g/mol. The van der Waals surface area contributed by atoms with Crippen LogP contribution in [0, 0.1) is 26.7 Å². The normalized spacial score (nSPS) is 12.2. The SMILES string of the molecule is CCCCCCCCCCCCCCCCCCCC#CC1=C(c2cccc(CCCC)c2)[N+](=[N-])C(c2cccc(CCCC)c2)=C1CCCCCC.[CH3-].[CH3-].[Ni+2]. The molecule has 0 saturated carbocycles. The second-order valence-corrected chi connectivity index (χ2v) is 16.0. The number of hydrogen-bond donors (Lipinski definition) is 0. The summed E-state index contributed by atoms with van der Waals surface area (Å²) in [5.41, 5.74) is 21.1. The van der Waals surface area contributed by atoms with Gasteiger partial charge in [0.05, 0.1) is 0 Å². The molecule has 0 atom stereocenters. The first kappa shape index (κ1) is 53.6. The molecule has 3 rings (SSSR count). The van der Waals surface area contributed by atoms with Crippen molar-refractivity contribution in [3.05, 3.63) is 102 Å². The summed E-state index contributed by atoms with van der Waals surface area (Å²) in [6, 6.07) is 17.8. The first-order valence-corrected chi connectivity index (χ1v) is 22.8. The van der Waals surface area contributed by atoms with E-state index < -0.39 is 0 Å². The van der Waals surface area contributed by atoms with Crippen LogP contribution < -0.4 is 0 Å². The summed E-state index contributed by atoms with van der Waals surface area (Å²) >= 11 is 0. The Morgan fingerprint density at radius 2 is 0.857 bits per heavy atom. The standard InChI is InChI=1S/C51H78N2.2CH3.Ni/c1-5-9-13-15-16-17-18-19-20-21-22-23-24-25-26-27-28-29-31-41-49-48(40-30-14-10-6-2)50(46-38-32-36-44(42-46)34-11-7-3)53(52)51(49)47-39-33-37-45(43-47)35-12-8-4;;;/h32-33,36-39,42-43H,5-30,34-35,40H2,1-4H3;2*1H3;/q;2*-1;+2. The molecule has 3 heteroatoms. The van der Waals surface area contributed by atoms with E-state index in [0.29, 0.717) is 0 Å². The number of benzene rings is 2. The number of rotatable bonds is 30. The molecule has 1 aliphatic rings. The second kappa shape index (κ2) is 34.6. The minimum Gasteiger partial charge on any atom is -0.493 e. The van der Waals surface area contributed by atoms with Gasteiger partial charge in [-0.15, -0.1) is 0 Å². The molecule has 0 unspecified atom stereocenters. The third-order valence-electron chi connectivity index (χ3n) is 11.2. The molecule has 0 bridgehead atoms. The van der Waals surface area contributed by atoms with Gasteiger partial charge < -0.3 is 20.4 Å². The Morgan fingerprint density at radius 3 is 1.30 bits per heavy atom. The second-order valence-electron chi connectivity index (χ2n) is 16.0. The fraction of sp³-hybridized carbons (Fsp3) is 0.623. The van der Waals surface area contributed by atoms with E-state index in [0.717, 1.165) is 66.6 Å². The van der Waals surface area contributed by atoms with Crippen LogP contribution in [0.4, 0.5) is 0 Å². The van der Waals surface area contributed by atoms with E-state index in [9.17, 15) is 5.53 Å². The van der Waals surface area contributed by atoms with Crippen LogP contribution in [0.15, 0.2) is 59.7 Å². The minimum absolute atomic E-state index is 0. The summed E-state index contributed by atoms with van der Waals surface area (Å²) in [5, 5.41) is 0. The van der Waals surface area contributed by atoms with Gasteiger partial charge in [-0.2, -0.15) is 0 Å². The van der Waals surface area contributed by atoms with E-state index in [1.54, 1.807) is 0 Å². The molecule has 2 aromatic rings. The number of hydrogen-bond acceptors (Lipinski definition) is 0. The van der Waals surface area contributed by atoms with Crippen LogP contribution in [-0.4, -0.2) is 4.70 Å². The molecule has 0 saturated heterocycles. The van der Waals surface area contributed by atoms with Crippen molar-refractivity contribution in [1.82, 2.24) is 0 Å². The van der Waals surface area contributed by atoms with Crippen molar-refractivity contribution in [3.63, 3.8) is 0 Å². The zero-order chi connectivity index (χ0) is 37.8. The zero-order valence-corrected chi connectivity index (χ0v) is 38.3. The monoisotopic (exact) mass is 807 g/mol. The van der Waals surface area contributed by atoms with Crippen LogP contribution in [0.5, 0.6) is 0 Å². The van der Waals surface area contributed by atoms with Crippen LogP contribution in [-0.2, 0) is 29.3 Å². The molecular formula is C53H84N2Ni. The number of unbranched alkanes of at least 4 members (excludes halogenated alkanes) is 22. The Bertz CT molecular complexity index is 1440. The molecular weight excluding hydrogens is 723 g/mol. The van der Waals surface area contributed by atoms with Crippen LogP contribution in [0.25, 0.3) is 16.9 Å². The molecule has 0 N–H and O–H groups in total. The molecule has 1 aliphatic heterocycles. The van der Waals surface area contributed by atoms with E-state index in [1.165, 1.54) is 169 Å². The summed E-state index contributed by atoms with van der Waals surface area (Å²) in [4.78, 5) is 0. The summed E-state index contributed by atoms with van der Waals surface area (Å²) in [6.45, 7) is 9.08. The quantitative estimate of drug-likeness (QED) is 0.0247. The topological polar surface area (TPSA) is 25.3 Å². The van der Waals surface area contributed by atoms with Gasteiger partial charge in [-0.25, -0.2) is 4.70 Å². The van der Waals surface area contributed by atoms with Crippen molar-refractivity contribution in [1.29, 1.82) is 0 Å². The molecule has 0 amide bonds. The van der Waals surface area contributed by atoms with Gasteiger partial charge in [-0.3, -0.25) is 0 Å². The van der Waals surface area contributed by atoms with Gasteiger partial charge in [-0.05, 0) is 80.3 Å². The van der Waals surface area contributed by atoms with Gasteiger partial charge in [0.2, 0.25) is 11.4 Å². The first-order chi connectivity index (χ1) is 26.1. The maximum atomic E-state index is 12.1.